The molecule has 0 radical (unpaired) electrons. The van der Waals surface area contributed by atoms with Gasteiger partial charge in [0.1, 0.15) is 22.3 Å². The first-order chi connectivity index (χ1) is 15.4. The standard InChI is InChI=1S/C23H20FN3O4S/c1-3-17-25-26-23(32-17)27-19(13-7-11-16(12-8-13)31-4-2)18(21(29)22(27)30)20(28)14-5-9-15(24)10-6-14/h5-12,19,28H,3-4H2,1-2H3/b20-18+. The molecule has 1 saturated heterocycles. The van der Waals surface area contributed by atoms with E-state index in [-0.39, 0.29) is 22.0 Å². The predicted octanol–water partition coefficient (Wildman–Crippen LogP) is 4.26. The van der Waals surface area contributed by atoms with Gasteiger partial charge in [0.25, 0.3) is 5.78 Å². The highest BCUT2D eigenvalue weighted by molar-refractivity contribution is 7.15. The number of hydrogen-bond acceptors (Lipinski definition) is 7. The van der Waals surface area contributed by atoms with Gasteiger partial charge in [0.05, 0.1) is 18.2 Å². The Morgan fingerprint density at radius 3 is 2.38 bits per heavy atom. The number of aryl methyl sites for hydroxylation is 1. The lowest BCUT2D eigenvalue weighted by Gasteiger charge is -2.22. The van der Waals surface area contributed by atoms with Gasteiger partial charge in [0, 0.05) is 5.56 Å². The Morgan fingerprint density at radius 2 is 1.78 bits per heavy atom. The number of aliphatic hydroxyl groups is 1. The molecule has 1 atom stereocenters. The number of amides is 1. The van der Waals surface area contributed by atoms with Crippen LogP contribution in [0.1, 0.15) is 36.0 Å². The lowest BCUT2D eigenvalue weighted by atomic mass is 9.95. The summed E-state index contributed by atoms with van der Waals surface area (Å²) in [5.41, 5.74) is 0.718. The molecule has 1 aliphatic rings. The zero-order chi connectivity index (χ0) is 22.8. The van der Waals surface area contributed by atoms with E-state index >= 15 is 0 Å². The smallest absolute Gasteiger partial charge is 0.301 e. The van der Waals surface area contributed by atoms with Crippen LogP contribution in [0.4, 0.5) is 9.52 Å². The first-order valence-corrected chi connectivity index (χ1v) is 10.9. The average Bonchev–Trinajstić information content (AvgIpc) is 3.37. The Balaban J connectivity index is 1.88. The summed E-state index contributed by atoms with van der Waals surface area (Å²) in [7, 11) is 0. The molecule has 1 N–H and O–H groups in total. The normalized spacial score (nSPS) is 17.7. The maximum Gasteiger partial charge on any atom is 0.301 e. The van der Waals surface area contributed by atoms with Crippen molar-refractivity contribution in [1.82, 2.24) is 10.2 Å². The van der Waals surface area contributed by atoms with Crippen LogP contribution in [0.5, 0.6) is 5.75 Å². The summed E-state index contributed by atoms with van der Waals surface area (Å²) in [6.45, 7) is 4.27. The minimum Gasteiger partial charge on any atom is -0.507 e. The van der Waals surface area contributed by atoms with E-state index in [0.29, 0.717) is 29.3 Å². The minimum atomic E-state index is -0.923. The number of rotatable bonds is 6. The Morgan fingerprint density at radius 1 is 1.09 bits per heavy atom. The van der Waals surface area contributed by atoms with Crippen LogP contribution in [0.2, 0.25) is 0 Å². The summed E-state index contributed by atoms with van der Waals surface area (Å²) < 4.78 is 18.9. The predicted molar refractivity (Wildman–Crippen MR) is 118 cm³/mol. The molecule has 3 aromatic rings. The molecule has 0 aliphatic carbocycles. The van der Waals surface area contributed by atoms with Crippen LogP contribution in [0, 0.1) is 5.82 Å². The summed E-state index contributed by atoms with van der Waals surface area (Å²) in [6.07, 6.45) is 0.630. The third-order valence-electron chi connectivity index (χ3n) is 5.03. The van der Waals surface area contributed by atoms with Crippen LogP contribution >= 0.6 is 11.3 Å². The minimum absolute atomic E-state index is 0.0981. The van der Waals surface area contributed by atoms with E-state index < -0.39 is 23.5 Å². The van der Waals surface area contributed by atoms with Crippen LogP contribution < -0.4 is 9.64 Å². The SMILES string of the molecule is CCOc1ccc(C2/C(=C(\O)c3ccc(F)cc3)C(=O)C(=O)N2c2nnc(CC)s2)cc1. The van der Waals surface area contributed by atoms with E-state index in [1.54, 1.807) is 24.3 Å². The highest BCUT2D eigenvalue weighted by atomic mass is 32.1. The Labute approximate surface area is 187 Å². The molecule has 1 amide bonds. The summed E-state index contributed by atoms with van der Waals surface area (Å²) >= 11 is 1.21. The lowest BCUT2D eigenvalue weighted by molar-refractivity contribution is -0.132. The lowest BCUT2D eigenvalue weighted by Crippen LogP contribution is -2.29. The van der Waals surface area contributed by atoms with Gasteiger partial charge in [0.2, 0.25) is 5.13 Å². The van der Waals surface area contributed by atoms with Crippen molar-refractivity contribution in [3.63, 3.8) is 0 Å². The highest BCUT2D eigenvalue weighted by Gasteiger charge is 2.48. The number of aromatic nitrogens is 2. The van der Waals surface area contributed by atoms with Gasteiger partial charge in [-0.05, 0) is 55.3 Å². The molecular weight excluding hydrogens is 433 g/mol. The van der Waals surface area contributed by atoms with E-state index in [0.717, 1.165) is 0 Å². The molecule has 9 heteroatoms. The first kappa shape index (κ1) is 21.6. The molecule has 0 saturated carbocycles. The van der Waals surface area contributed by atoms with Crippen molar-refractivity contribution < 1.29 is 23.8 Å². The molecule has 1 fully saturated rings. The Bertz CT molecular complexity index is 1190. The maximum absolute atomic E-state index is 13.4. The van der Waals surface area contributed by atoms with Crippen molar-refractivity contribution >= 4 is 33.9 Å². The maximum atomic E-state index is 13.4. The van der Waals surface area contributed by atoms with E-state index in [2.05, 4.69) is 10.2 Å². The Hall–Kier alpha value is -3.59. The topological polar surface area (TPSA) is 92.6 Å². The number of benzene rings is 2. The first-order valence-electron chi connectivity index (χ1n) is 10.1. The molecule has 7 nitrogen and oxygen atoms in total. The third kappa shape index (κ3) is 3.87. The molecular formula is C23H20FN3O4S. The van der Waals surface area contributed by atoms with E-state index in [1.807, 2.05) is 13.8 Å². The molecule has 2 aromatic carbocycles. The zero-order valence-corrected chi connectivity index (χ0v) is 18.2. The van der Waals surface area contributed by atoms with Gasteiger partial charge in [-0.3, -0.25) is 14.5 Å². The quantitative estimate of drug-likeness (QED) is 0.341. The summed E-state index contributed by atoms with van der Waals surface area (Å²) in [4.78, 5) is 27.3. The molecule has 32 heavy (non-hydrogen) atoms. The molecule has 1 aliphatic heterocycles. The van der Waals surface area contributed by atoms with Crippen LogP contribution in [-0.2, 0) is 16.0 Å². The number of nitrogens with zero attached hydrogens (tertiary/aromatic N) is 3. The third-order valence-corrected chi connectivity index (χ3v) is 6.10. The number of ether oxygens (including phenoxy) is 1. The van der Waals surface area contributed by atoms with E-state index in [4.69, 9.17) is 4.74 Å². The van der Waals surface area contributed by atoms with Crippen molar-refractivity contribution in [2.45, 2.75) is 26.3 Å². The number of carbonyl (C=O) groups is 2. The zero-order valence-electron chi connectivity index (χ0n) is 17.4. The summed E-state index contributed by atoms with van der Waals surface area (Å²) in [5, 5.41) is 20.1. The number of aliphatic hydroxyl groups excluding tert-OH is 1. The monoisotopic (exact) mass is 453 g/mol. The number of anilines is 1. The number of ketones is 1. The molecule has 0 bridgehead atoms. The van der Waals surface area contributed by atoms with E-state index in [9.17, 15) is 19.1 Å². The molecule has 1 aromatic heterocycles. The van der Waals surface area contributed by atoms with Crippen LogP contribution in [0.15, 0.2) is 54.1 Å². The van der Waals surface area contributed by atoms with Crippen molar-refractivity contribution in [1.29, 1.82) is 0 Å². The van der Waals surface area contributed by atoms with Gasteiger partial charge in [-0.2, -0.15) is 0 Å². The van der Waals surface area contributed by atoms with Crippen LogP contribution in [0.25, 0.3) is 5.76 Å². The van der Waals surface area contributed by atoms with Gasteiger partial charge >= 0.3 is 5.91 Å². The number of hydrogen-bond donors (Lipinski definition) is 1. The van der Waals surface area contributed by atoms with Crippen molar-refractivity contribution in [3.05, 3.63) is 76.1 Å². The van der Waals surface area contributed by atoms with E-state index in [1.165, 1.54) is 40.5 Å². The number of Topliss-reactive ketones (excluding diaryl/α,β-unsaturated/α-hetero) is 1. The summed E-state index contributed by atoms with van der Waals surface area (Å²) in [5.74, 6) is -1.89. The number of halogens is 1. The number of carbonyl (C=O) groups excluding carboxylic acids is 2. The molecule has 2 heterocycles. The van der Waals surface area contributed by atoms with Crippen LogP contribution in [0.3, 0.4) is 0 Å². The van der Waals surface area contributed by atoms with Crippen LogP contribution in [-0.4, -0.2) is 33.6 Å². The fraction of sp³-hybridized carbons (Fsp3) is 0.217. The van der Waals surface area contributed by atoms with Gasteiger partial charge in [-0.15, -0.1) is 10.2 Å². The van der Waals surface area contributed by atoms with Crippen molar-refractivity contribution in [2.75, 3.05) is 11.5 Å². The van der Waals surface area contributed by atoms with Crippen molar-refractivity contribution in [3.8, 4) is 5.75 Å². The largest absolute Gasteiger partial charge is 0.507 e. The second-order valence-corrected chi connectivity index (χ2v) is 8.05. The molecule has 1 unspecified atom stereocenters. The average molecular weight is 453 g/mol. The fourth-order valence-electron chi connectivity index (χ4n) is 3.51. The second-order valence-electron chi connectivity index (χ2n) is 7.01. The van der Waals surface area contributed by atoms with Gasteiger partial charge in [-0.1, -0.05) is 30.4 Å². The fourth-order valence-corrected chi connectivity index (χ4v) is 4.31. The molecule has 4 rings (SSSR count). The van der Waals surface area contributed by atoms with Gasteiger partial charge in [-0.25, -0.2) is 4.39 Å². The molecule has 164 valence electrons. The highest BCUT2D eigenvalue weighted by Crippen LogP contribution is 2.43. The van der Waals surface area contributed by atoms with Crippen molar-refractivity contribution in [2.24, 2.45) is 0 Å². The second kappa shape index (κ2) is 8.88. The van der Waals surface area contributed by atoms with Gasteiger partial charge < -0.3 is 9.84 Å². The Kier molecular flexibility index (Phi) is 6.00. The summed E-state index contributed by atoms with van der Waals surface area (Å²) in [6, 6.07) is 11.1. The van der Waals surface area contributed by atoms with Gasteiger partial charge in [0.15, 0.2) is 0 Å². The molecule has 0 spiro atoms.